The lowest BCUT2D eigenvalue weighted by atomic mass is 9.79. The monoisotopic (exact) mass is 374 g/mol. The first-order valence-electron chi connectivity index (χ1n) is 8.72. The molecule has 0 saturated carbocycles. The molecule has 1 heterocycles. The predicted molar refractivity (Wildman–Crippen MR) is 110 cm³/mol. The lowest BCUT2D eigenvalue weighted by Gasteiger charge is -2.47. The number of anilines is 1. The summed E-state index contributed by atoms with van der Waals surface area (Å²) < 4.78 is 0. The molecule has 4 heteroatoms. The van der Waals surface area contributed by atoms with Crippen LogP contribution in [0.25, 0.3) is 0 Å². The van der Waals surface area contributed by atoms with Crippen LogP contribution in [0.4, 0.5) is 11.4 Å². The number of hydrogen-bond donors (Lipinski definition) is 0. The molecule has 25 heavy (non-hydrogen) atoms. The standard InChI is InChI=1S/C21H24Cl2N2/c1-5-25-20-11-19(23)15(9-18(20)14(2)12-21(25,3)4)13-24-17-8-6-7-16(22)10-17/h6-11,13-14H,5,12H2,1-4H3. The number of rotatable bonds is 3. The van der Waals surface area contributed by atoms with E-state index < -0.39 is 0 Å². The fraction of sp³-hybridized carbons (Fsp3) is 0.381. The Morgan fingerprint density at radius 3 is 2.68 bits per heavy atom. The van der Waals surface area contributed by atoms with Crippen LogP contribution in [0.15, 0.2) is 41.4 Å². The third-order valence-corrected chi connectivity index (χ3v) is 5.54. The van der Waals surface area contributed by atoms with Crippen molar-refractivity contribution in [2.75, 3.05) is 11.4 Å². The van der Waals surface area contributed by atoms with E-state index in [0.717, 1.165) is 29.2 Å². The van der Waals surface area contributed by atoms with E-state index in [-0.39, 0.29) is 5.54 Å². The summed E-state index contributed by atoms with van der Waals surface area (Å²) in [7, 11) is 0. The molecule has 0 bridgehead atoms. The number of nitrogens with zero attached hydrogens (tertiary/aromatic N) is 2. The number of benzene rings is 2. The molecule has 2 aromatic carbocycles. The van der Waals surface area contributed by atoms with Crippen LogP contribution in [0, 0.1) is 0 Å². The summed E-state index contributed by atoms with van der Waals surface area (Å²) in [5.41, 5.74) is 4.50. The molecule has 0 amide bonds. The second kappa shape index (κ2) is 7.01. The zero-order chi connectivity index (χ0) is 18.2. The maximum absolute atomic E-state index is 6.58. The molecule has 1 aliphatic rings. The van der Waals surface area contributed by atoms with Crippen molar-refractivity contribution >= 4 is 40.8 Å². The van der Waals surface area contributed by atoms with Crippen molar-refractivity contribution in [2.24, 2.45) is 4.99 Å². The Balaban J connectivity index is 2.00. The SMILES string of the molecule is CCN1c2cc(Cl)c(C=Nc3cccc(Cl)c3)cc2C(C)CC1(C)C. The zero-order valence-electron chi connectivity index (χ0n) is 15.2. The first kappa shape index (κ1) is 18.3. The van der Waals surface area contributed by atoms with E-state index in [1.165, 1.54) is 11.3 Å². The van der Waals surface area contributed by atoms with Gasteiger partial charge < -0.3 is 4.90 Å². The zero-order valence-corrected chi connectivity index (χ0v) is 16.7. The van der Waals surface area contributed by atoms with Crippen molar-refractivity contribution in [3.8, 4) is 0 Å². The van der Waals surface area contributed by atoms with Crippen molar-refractivity contribution in [2.45, 2.75) is 45.6 Å². The lowest BCUT2D eigenvalue weighted by molar-refractivity contribution is 0.381. The maximum Gasteiger partial charge on any atom is 0.0644 e. The van der Waals surface area contributed by atoms with Gasteiger partial charge in [-0.3, -0.25) is 4.99 Å². The molecule has 1 atom stereocenters. The van der Waals surface area contributed by atoms with Crippen LogP contribution in [0.2, 0.25) is 10.0 Å². The van der Waals surface area contributed by atoms with Crippen LogP contribution in [0.3, 0.4) is 0 Å². The van der Waals surface area contributed by atoms with E-state index in [1.807, 2.05) is 30.5 Å². The van der Waals surface area contributed by atoms with Crippen molar-refractivity contribution in [3.05, 3.63) is 57.6 Å². The molecule has 2 nitrogen and oxygen atoms in total. The van der Waals surface area contributed by atoms with Gasteiger partial charge in [-0.2, -0.15) is 0 Å². The van der Waals surface area contributed by atoms with Gasteiger partial charge in [0, 0.05) is 34.6 Å². The van der Waals surface area contributed by atoms with Gasteiger partial charge in [0.15, 0.2) is 0 Å². The van der Waals surface area contributed by atoms with E-state index in [9.17, 15) is 0 Å². The molecule has 1 unspecified atom stereocenters. The smallest absolute Gasteiger partial charge is 0.0644 e. The molecule has 0 N–H and O–H groups in total. The highest BCUT2D eigenvalue weighted by molar-refractivity contribution is 6.33. The van der Waals surface area contributed by atoms with Crippen LogP contribution in [0.1, 0.15) is 51.2 Å². The second-order valence-corrected chi connectivity index (χ2v) is 8.18. The highest BCUT2D eigenvalue weighted by Crippen LogP contribution is 2.44. The van der Waals surface area contributed by atoms with Gasteiger partial charge in [0.25, 0.3) is 0 Å². The average Bonchev–Trinajstić information content (AvgIpc) is 2.53. The van der Waals surface area contributed by atoms with E-state index in [2.05, 4.69) is 49.7 Å². The summed E-state index contributed by atoms with van der Waals surface area (Å²) in [6.07, 6.45) is 2.96. The summed E-state index contributed by atoms with van der Waals surface area (Å²) >= 11 is 12.6. The minimum Gasteiger partial charge on any atom is -0.366 e. The van der Waals surface area contributed by atoms with Gasteiger partial charge in [0.1, 0.15) is 0 Å². The van der Waals surface area contributed by atoms with Crippen LogP contribution in [-0.2, 0) is 0 Å². The van der Waals surface area contributed by atoms with E-state index in [0.29, 0.717) is 10.9 Å². The van der Waals surface area contributed by atoms with Gasteiger partial charge in [0.2, 0.25) is 0 Å². The highest BCUT2D eigenvalue weighted by Gasteiger charge is 2.35. The van der Waals surface area contributed by atoms with Crippen molar-refractivity contribution in [1.29, 1.82) is 0 Å². The maximum atomic E-state index is 6.58. The van der Waals surface area contributed by atoms with Gasteiger partial charge in [0.05, 0.1) is 10.7 Å². The van der Waals surface area contributed by atoms with Gasteiger partial charge in [-0.1, -0.05) is 36.2 Å². The first-order chi connectivity index (χ1) is 11.8. The molecule has 0 aliphatic carbocycles. The molecule has 0 radical (unpaired) electrons. The van der Waals surface area contributed by atoms with E-state index in [1.54, 1.807) is 0 Å². The largest absolute Gasteiger partial charge is 0.366 e. The first-order valence-corrected chi connectivity index (χ1v) is 9.48. The normalized spacial score (nSPS) is 19.3. The summed E-state index contributed by atoms with van der Waals surface area (Å²) in [5, 5.41) is 1.41. The summed E-state index contributed by atoms with van der Waals surface area (Å²) in [6, 6.07) is 11.8. The van der Waals surface area contributed by atoms with E-state index >= 15 is 0 Å². The Labute approximate surface area is 160 Å². The van der Waals surface area contributed by atoms with Crippen molar-refractivity contribution in [3.63, 3.8) is 0 Å². The van der Waals surface area contributed by atoms with Gasteiger partial charge >= 0.3 is 0 Å². The molecule has 0 spiro atoms. The molecule has 0 fully saturated rings. The van der Waals surface area contributed by atoms with Crippen LogP contribution in [-0.4, -0.2) is 18.3 Å². The number of aliphatic imine (C=N–C) groups is 1. The fourth-order valence-electron chi connectivity index (χ4n) is 3.92. The topological polar surface area (TPSA) is 15.6 Å². The van der Waals surface area contributed by atoms with Crippen molar-refractivity contribution < 1.29 is 0 Å². The minimum atomic E-state index is 0.140. The highest BCUT2D eigenvalue weighted by atomic mass is 35.5. The Morgan fingerprint density at radius 1 is 1.24 bits per heavy atom. The Morgan fingerprint density at radius 2 is 2.00 bits per heavy atom. The summed E-state index contributed by atoms with van der Waals surface area (Å²) in [4.78, 5) is 6.98. The van der Waals surface area contributed by atoms with Crippen molar-refractivity contribution in [1.82, 2.24) is 0 Å². The third kappa shape index (κ3) is 3.70. The lowest BCUT2D eigenvalue weighted by Crippen LogP contribution is -2.48. The predicted octanol–water partition coefficient (Wildman–Crippen LogP) is 6.86. The Bertz CT molecular complexity index is 812. The Kier molecular flexibility index (Phi) is 5.13. The van der Waals surface area contributed by atoms with Gasteiger partial charge in [-0.05, 0) is 69.0 Å². The number of fused-ring (bicyclic) bond motifs is 1. The molecular weight excluding hydrogens is 351 g/mol. The molecular formula is C21H24Cl2N2. The van der Waals surface area contributed by atoms with E-state index in [4.69, 9.17) is 23.2 Å². The van der Waals surface area contributed by atoms with Crippen LogP contribution < -0.4 is 4.90 Å². The summed E-state index contributed by atoms with van der Waals surface area (Å²) in [6.45, 7) is 10.1. The Hall–Kier alpha value is -1.51. The molecule has 0 aromatic heterocycles. The molecule has 3 rings (SSSR count). The summed E-state index contributed by atoms with van der Waals surface area (Å²) in [5.74, 6) is 0.489. The third-order valence-electron chi connectivity index (χ3n) is 4.98. The quantitative estimate of drug-likeness (QED) is 0.535. The molecule has 1 aliphatic heterocycles. The number of hydrogen-bond acceptors (Lipinski definition) is 2. The van der Waals surface area contributed by atoms with Crippen LogP contribution >= 0.6 is 23.2 Å². The second-order valence-electron chi connectivity index (χ2n) is 7.33. The fourth-order valence-corrected chi connectivity index (χ4v) is 4.31. The molecule has 0 saturated heterocycles. The van der Waals surface area contributed by atoms with Gasteiger partial charge in [-0.15, -0.1) is 0 Å². The minimum absolute atomic E-state index is 0.140. The van der Waals surface area contributed by atoms with Crippen LogP contribution in [0.5, 0.6) is 0 Å². The molecule has 132 valence electrons. The average molecular weight is 375 g/mol. The number of halogens is 2. The van der Waals surface area contributed by atoms with Gasteiger partial charge in [-0.25, -0.2) is 0 Å². The molecule has 2 aromatic rings.